The first-order valence-corrected chi connectivity index (χ1v) is 7.25. The van der Waals surface area contributed by atoms with Gasteiger partial charge in [0.05, 0.1) is 6.20 Å². The molecule has 0 aliphatic heterocycles. The second kappa shape index (κ2) is 7.92. The summed E-state index contributed by atoms with van der Waals surface area (Å²) in [5.74, 6) is 1.03. The molecule has 0 unspecified atom stereocenters. The van der Waals surface area contributed by atoms with Crippen LogP contribution in [-0.2, 0) is 4.79 Å². The highest BCUT2D eigenvalue weighted by Gasteiger charge is 2.01. The maximum absolute atomic E-state index is 11.0. The molecular formula is C15H20N6O. The van der Waals surface area contributed by atoms with Crippen molar-refractivity contribution in [1.82, 2.24) is 15.2 Å². The summed E-state index contributed by atoms with van der Waals surface area (Å²) in [6, 6.07) is 7.35. The smallest absolute Gasteiger partial charge is 0.244 e. The fourth-order valence-electron chi connectivity index (χ4n) is 1.80. The number of carbonyl (C=O) groups is 1. The molecule has 3 N–H and O–H groups in total. The first kappa shape index (κ1) is 15.7. The van der Waals surface area contributed by atoms with Crippen LogP contribution in [0.1, 0.15) is 26.7 Å². The van der Waals surface area contributed by atoms with Crippen LogP contribution in [0.25, 0.3) is 0 Å². The molecule has 2 aromatic rings. The minimum absolute atomic E-state index is 0.0940. The molecule has 1 amide bonds. The standard InChI is InChI=1S/C15H20N6O/c1-3-4-9-16-15-20-14(10-17-21-15)19-13-7-5-12(6-8-13)18-11(2)22/h5-8,10H,3-4,9H2,1-2H3,(H,18,22)(H2,16,19,20,21). The summed E-state index contributed by atoms with van der Waals surface area (Å²) in [5, 5.41) is 16.9. The molecule has 0 atom stereocenters. The van der Waals surface area contributed by atoms with Gasteiger partial charge in [0.15, 0.2) is 5.82 Å². The van der Waals surface area contributed by atoms with E-state index in [1.165, 1.54) is 6.92 Å². The highest BCUT2D eigenvalue weighted by atomic mass is 16.1. The highest BCUT2D eigenvalue weighted by molar-refractivity contribution is 5.88. The van der Waals surface area contributed by atoms with Crippen LogP contribution >= 0.6 is 0 Å². The monoisotopic (exact) mass is 300 g/mol. The quantitative estimate of drug-likeness (QED) is 0.681. The molecule has 7 heteroatoms. The molecule has 0 fully saturated rings. The number of aromatic nitrogens is 3. The van der Waals surface area contributed by atoms with E-state index in [2.05, 4.69) is 38.1 Å². The summed E-state index contributed by atoms with van der Waals surface area (Å²) in [6.07, 6.45) is 3.73. The second-order valence-corrected chi connectivity index (χ2v) is 4.83. The first-order valence-electron chi connectivity index (χ1n) is 7.25. The van der Waals surface area contributed by atoms with Gasteiger partial charge in [0.25, 0.3) is 0 Å². The van der Waals surface area contributed by atoms with E-state index in [0.717, 1.165) is 30.8 Å². The van der Waals surface area contributed by atoms with Gasteiger partial charge in [-0.3, -0.25) is 4.79 Å². The van der Waals surface area contributed by atoms with E-state index in [1.807, 2.05) is 24.3 Å². The molecule has 1 aromatic heterocycles. The van der Waals surface area contributed by atoms with Crippen LogP contribution in [0.2, 0.25) is 0 Å². The Kier molecular flexibility index (Phi) is 5.65. The molecule has 0 aliphatic carbocycles. The van der Waals surface area contributed by atoms with Crippen molar-refractivity contribution in [2.24, 2.45) is 0 Å². The lowest BCUT2D eigenvalue weighted by Crippen LogP contribution is -2.07. The Morgan fingerprint density at radius 1 is 1.18 bits per heavy atom. The Bertz CT molecular complexity index is 614. The number of carbonyl (C=O) groups excluding carboxylic acids is 1. The van der Waals surface area contributed by atoms with Gasteiger partial charge in [0.2, 0.25) is 11.9 Å². The Balaban J connectivity index is 1.97. The predicted molar refractivity (Wildman–Crippen MR) is 87.3 cm³/mol. The van der Waals surface area contributed by atoms with Crippen LogP contribution in [0.5, 0.6) is 0 Å². The molecule has 0 aliphatic rings. The molecule has 2 rings (SSSR count). The largest absolute Gasteiger partial charge is 0.353 e. The lowest BCUT2D eigenvalue weighted by molar-refractivity contribution is -0.114. The van der Waals surface area contributed by atoms with Gasteiger partial charge < -0.3 is 16.0 Å². The number of amides is 1. The average Bonchev–Trinajstić information content (AvgIpc) is 2.49. The fourth-order valence-corrected chi connectivity index (χ4v) is 1.80. The van der Waals surface area contributed by atoms with Gasteiger partial charge in [-0.05, 0) is 30.7 Å². The molecule has 0 radical (unpaired) electrons. The summed E-state index contributed by atoms with van der Waals surface area (Å²) in [7, 11) is 0. The number of unbranched alkanes of at least 4 members (excludes halogenated alkanes) is 1. The average molecular weight is 300 g/mol. The highest BCUT2D eigenvalue weighted by Crippen LogP contribution is 2.17. The maximum Gasteiger partial charge on any atom is 0.244 e. The van der Waals surface area contributed by atoms with Crippen molar-refractivity contribution in [2.45, 2.75) is 26.7 Å². The van der Waals surface area contributed by atoms with E-state index in [0.29, 0.717) is 11.8 Å². The van der Waals surface area contributed by atoms with Crippen molar-refractivity contribution in [3.05, 3.63) is 30.5 Å². The van der Waals surface area contributed by atoms with Crippen LogP contribution < -0.4 is 16.0 Å². The Hall–Kier alpha value is -2.70. The van der Waals surface area contributed by atoms with Gasteiger partial charge >= 0.3 is 0 Å². The van der Waals surface area contributed by atoms with Crippen LogP contribution in [0.3, 0.4) is 0 Å². The summed E-state index contributed by atoms with van der Waals surface area (Å²) in [6.45, 7) is 4.43. The van der Waals surface area contributed by atoms with E-state index in [1.54, 1.807) is 6.20 Å². The zero-order chi connectivity index (χ0) is 15.8. The third kappa shape index (κ3) is 5.01. The summed E-state index contributed by atoms with van der Waals surface area (Å²) < 4.78 is 0. The molecular weight excluding hydrogens is 280 g/mol. The topological polar surface area (TPSA) is 91.8 Å². The van der Waals surface area contributed by atoms with E-state index in [9.17, 15) is 4.79 Å². The number of nitrogens with one attached hydrogen (secondary N) is 3. The van der Waals surface area contributed by atoms with Crippen molar-refractivity contribution in [1.29, 1.82) is 0 Å². The van der Waals surface area contributed by atoms with Crippen molar-refractivity contribution < 1.29 is 4.79 Å². The van der Waals surface area contributed by atoms with Crippen LogP contribution in [0, 0.1) is 0 Å². The summed E-state index contributed by atoms with van der Waals surface area (Å²) >= 11 is 0. The molecule has 116 valence electrons. The minimum atomic E-state index is -0.0940. The van der Waals surface area contributed by atoms with Gasteiger partial charge in [0.1, 0.15) is 0 Å². The Morgan fingerprint density at radius 3 is 2.59 bits per heavy atom. The van der Waals surface area contributed by atoms with Gasteiger partial charge in [-0.2, -0.15) is 10.1 Å². The molecule has 0 bridgehead atoms. The Morgan fingerprint density at radius 2 is 1.91 bits per heavy atom. The number of hydrogen-bond donors (Lipinski definition) is 3. The number of hydrogen-bond acceptors (Lipinski definition) is 6. The number of anilines is 4. The fraction of sp³-hybridized carbons (Fsp3) is 0.333. The zero-order valence-corrected chi connectivity index (χ0v) is 12.8. The lowest BCUT2D eigenvalue weighted by Gasteiger charge is -2.08. The minimum Gasteiger partial charge on any atom is -0.353 e. The van der Waals surface area contributed by atoms with E-state index in [4.69, 9.17) is 0 Å². The number of rotatable bonds is 7. The van der Waals surface area contributed by atoms with E-state index >= 15 is 0 Å². The van der Waals surface area contributed by atoms with Crippen molar-refractivity contribution in [3.8, 4) is 0 Å². The van der Waals surface area contributed by atoms with E-state index in [-0.39, 0.29) is 5.91 Å². The SMILES string of the molecule is CCCCNc1nncc(Nc2ccc(NC(C)=O)cc2)n1. The molecule has 0 saturated heterocycles. The van der Waals surface area contributed by atoms with Gasteiger partial charge in [-0.15, -0.1) is 5.10 Å². The van der Waals surface area contributed by atoms with E-state index < -0.39 is 0 Å². The third-order valence-corrected chi connectivity index (χ3v) is 2.85. The third-order valence-electron chi connectivity index (χ3n) is 2.85. The molecule has 22 heavy (non-hydrogen) atoms. The normalized spacial score (nSPS) is 10.1. The van der Waals surface area contributed by atoms with Gasteiger partial charge in [-0.25, -0.2) is 0 Å². The molecule has 1 aromatic carbocycles. The predicted octanol–water partition coefficient (Wildman–Crippen LogP) is 2.79. The molecule has 1 heterocycles. The number of benzene rings is 1. The Labute approximate surface area is 129 Å². The second-order valence-electron chi connectivity index (χ2n) is 4.83. The van der Waals surface area contributed by atoms with Crippen LogP contribution in [0.15, 0.2) is 30.5 Å². The molecule has 0 spiro atoms. The molecule has 0 saturated carbocycles. The van der Waals surface area contributed by atoms with Gasteiger partial charge in [-0.1, -0.05) is 13.3 Å². The maximum atomic E-state index is 11.0. The van der Waals surface area contributed by atoms with Crippen molar-refractivity contribution in [3.63, 3.8) is 0 Å². The van der Waals surface area contributed by atoms with Crippen molar-refractivity contribution >= 4 is 29.0 Å². The van der Waals surface area contributed by atoms with Crippen LogP contribution in [0.4, 0.5) is 23.1 Å². The molecule has 7 nitrogen and oxygen atoms in total. The first-order chi connectivity index (χ1) is 10.7. The number of nitrogens with zero attached hydrogens (tertiary/aromatic N) is 3. The lowest BCUT2D eigenvalue weighted by atomic mass is 10.3. The summed E-state index contributed by atoms with van der Waals surface area (Å²) in [4.78, 5) is 15.3. The summed E-state index contributed by atoms with van der Waals surface area (Å²) in [5.41, 5.74) is 1.61. The van der Waals surface area contributed by atoms with Crippen molar-refractivity contribution in [2.75, 3.05) is 22.5 Å². The van der Waals surface area contributed by atoms with Gasteiger partial charge in [0, 0.05) is 24.8 Å². The van der Waals surface area contributed by atoms with Crippen LogP contribution in [-0.4, -0.2) is 27.6 Å². The zero-order valence-electron chi connectivity index (χ0n) is 12.8.